The number of nitrogens with one attached hydrogen (secondary N) is 1. The Morgan fingerprint density at radius 3 is 3.11 bits per heavy atom. The van der Waals surface area contributed by atoms with Gasteiger partial charge in [0.2, 0.25) is 0 Å². The van der Waals surface area contributed by atoms with Crippen LogP contribution in [0, 0.1) is 0 Å². The van der Waals surface area contributed by atoms with E-state index in [-0.39, 0.29) is 5.91 Å². The molecule has 2 saturated heterocycles. The third kappa shape index (κ3) is 2.40. The molecule has 0 aromatic carbocycles. The largest absolute Gasteiger partial charge is 0.372 e. The van der Waals surface area contributed by atoms with Gasteiger partial charge in [-0.3, -0.25) is 14.7 Å². The van der Waals surface area contributed by atoms with E-state index in [1.165, 1.54) is 19.4 Å². The normalized spacial score (nSPS) is 23.2. The number of carbonyl (C=O) groups excluding carboxylic acids is 1. The second-order valence-corrected chi connectivity index (χ2v) is 5.12. The molecule has 19 heavy (non-hydrogen) atoms. The molecule has 6 heteroatoms. The third-order valence-electron chi connectivity index (χ3n) is 3.98. The van der Waals surface area contributed by atoms with Crippen molar-refractivity contribution in [1.82, 2.24) is 19.8 Å². The van der Waals surface area contributed by atoms with Crippen molar-refractivity contribution in [2.75, 3.05) is 38.5 Å². The number of amides is 1. The first-order chi connectivity index (χ1) is 9.28. The highest BCUT2D eigenvalue weighted by Gasteiger charge is 2.33. The van der Waals surface area contributed by atoms with Crippen LogP contribution in [0.1, 0.15) is 23.3 Å². The number of carbonyl (C=O) groups is 1. The van der Waals surface area contributed by atoms with Crippen LogP contribution < -0.4 is 5.32 Å². The molecule has 1 atom stereocenters. The second-order valence-electron chi connectivity index (χ2n) is 5.12. The molecule has 3 heterocycles. The fraction of sp³-hybridized carbons (Fsp3) is 0.615. The first-order valence-electron chi connectivity index (χ1n) is 6.81. The van der Waals surface area contributed by atoms with Gasteiger partial charge in [-0.2, -0.15) is 0 Å². The number of aromatic nitrogens is 2. The Balaban J connectivity index is 1.72. The molecule has 1 aromatic rings. The molecule has 1 N–H and O–H groups in total. The van der Waals surface area contributed by atoms with Crippen molar-refractivity contribution in [2.24, 2.45) is 0 Å². The Hall–Kier alpha value is -1.69. The molecule has 6 nitrogen and oxygen atoms in total. The molecule has 0 aliphatic carbocycles. The van der Waals surface area contributed by atoms with Crippen LogP contribution in [0.15, 0.2) is 12.4 Å². The lowest BCUT2D eigenvalue weighted by Gasteiger charge is -2.37. The van der Waals surface area contributed by atoms with Gasteiger partial charge >= 0.3 is 0 Å². The van der Waals surface area contributed by atoms with Crippen molar-refractivity contribution in [3.63, 3.8) is 0 Å². The first kappa shape index (κ1) is 12.3. The highest BCUT2D eigenvalue weighted by molar-refractivity contribution is 5.92. The highest BCUT2D eigenvalue weighted by Crippen LogP contribution is 2.22. The minimum atomic E-state index is -0.00356. The topological polar surface area (TPSA) is 61.4 Å². The van der Waals surface area contributed by atoms with E-state index in [1.54, 1.807) is 19.4 Å². The van der Waals surface area contributed by atoms with E-state index >= 15 is 0 Å². The summed E-state index contributed by atoms with van der Waals surface area (Å²) >= 11 is 0. The summed E-state index contributed by atoms with van der Waals surface area (Å²) in [5.74, 6) is 0.626. The molecule has 0 saturated carbocycles. The number of fused-ring (bicyclic) bond motifs is 1. The lowest BCUT2D eigenvalue weighted by atomic mass is 10.1. The number of nitrogens with zero attached hydrogens (tertiary/aromatic N) is 4. The molecule has 3 rings (SSSR count). The molecule has 1 amide bonds. The van der Waals surface area contributed by atoms with E-state index in [9.17, 15) is 4.79 Å². The minimum Gasteiger partial charge on any atom is -0.372 e. The number of anilines is 1. The Morgan fingerprint density at radius 1 is 1.37 bits per heavy atom. The van der Waals surface area contributed by atoms with Gasteiger partial charge in [0.25, 0.3) is 5.91 Å². The molecule has 0 spiro atoms. The maximum Gasteiger partial charge on any atom is 0.274 e. The van der Waals surface area contributed by atoms with Crippen molar-refractivity contribution in [2.45, 2.75) is 18.9 Å². The van der Waals surface area contributed by atoms with Crippen molar-refractivity contribution in [3.8, 4) is 0 Å². The first-order valence-corrected chi connectivity index (χ1v) is 6.81. The van der Waals surface area contributed by atoms with Gasteiger partial charge in [-0.1, -0.05) is 0 Å². The van der Waals surface area contributed by atoms with Crippen LogP contribution in [-0.2, 0) is 0 Å². The smallest absolute Gasteiger partial charge is 0.274 e. The van der Waals surface area contributed by atoms with Crippen molar-refractivity contribution in [1.29, 1.82) is 0 Å². The van der Waals surface area contributed by atoms with E-state index in [4.69, 9.17) is 0 Å². The molecular weight excluding hydrogens is 242 g/mol. The van der Waals surface area contributed by atoms with Crippen molar-refractivity contribution in [3.05, 3.63) is 18.1 Å². The third-order valence-corrected chi connectivity index (χ3v) is 3.98. The minimum absolute atomic E-state index is 0.00356. The molecule has 2 fully saturated rings. The number of hydrogen-bond acceptors (Lipinski definition) is 5. The average molecular weight is 261 g/mol. The molecular formula is C13H19N5O. The zero-order valence-corrected chi connectivity index (χ0v) is 11.2. The SMILES string of the molecule is CNc1cncc(C(=O)N2CCN3CCCC3C2)n1. The summed E-state index contributed by atoms with van der Waals surface area (Å²) in [6.45, 7) is 3.78. The number of hydrogen-bond donors (Lipinski definition) is 1. The van der Waals surface area contributed by atoms with Crippen LogP contribution in [0.5, 0.6) is 0 Å². The van der Waals surface area contributed by atoms with Gasteiger partial charge < -0.3 is 10.2 Å². The van der Waals surface area contributed by atoms with Crippen LogP contribution in [0.4, 0.5) is 5.82 Å². The summed E-state index contributed by atoms with van der Waals surface area (Å²) in [6, 6.07) is 0.540. The van der Waals surface area contributed by atoms with E-state index in [1.807, 2.05) is 4.90 Å². The standard InChI is InChI=1S/C13H19N5O/c1-14-12-8-15-7-11(16-12)13(19)18-6-5-17-4-2-3-10(17)9-18/h7-8,10H,2-6,9H2,1H3,(H,14,16). The van der Waals surface area contributed by atoms with Crippen molar-refractivity contribution < 1.29 is 4.79 Å². The summed E-state index contributed by atoms with van der Waals surface area (Å²) in [5.41, 5.74) is 0.429. The molecule has 2 aliphatic heterocycles. The van der Waals surface area contributed by atoms with Crippen molar-refractivity contribution >= 4 is 11.7 Å². The predicted molar refractivity (Wildman–Crippen MR) is 72.1 cm³/mol. The monoisotopic (exact) mass is 261 g/mol. The molecule has 0 bridgehead atoms. The average Bonchev–Trinajstić information content (AvgIpc) is 2.94. The number of rotatable bonds is 2. The summed E-state index contributed by atoms with van der Waals surface area (Å²) in [7, 11) is 1.77. The molecule has 2 aliphatic rings. The van der Waals surface area contributed by atoms with Crippen LogP contribution in [0.3, 0.4) is 0 Å². The maximum absolute atomic E-state index is 12.4. The van der Waals surface area contributed by atoms with E-state index in [2.05, 4.69) is 20.2 Å². The second kappa shape index (κ2) is 5.13. The van der Waals surface area contributed by atoms with Crippen LogP contribution in [-0.4, -0.2) is 64.9 Å². The zero-order valence-electron chi connectivity index (χ0n) is 11.2. The lowest BCUT2D eigenvalue weighted by Crippen LogP contribution is -2.52. The van der Waals surface area contributed by atoms with Gasteiger partial charge in [0.1, 0.15) is 11.5 Å². The molecule has 1 aromatic heterocycles. The summed E-state index contributed by atoms with van der Waals surface area (Å²) in [5, 5.41) is 2.91. The number of piperazine rings is 1. The Labute approximate surface area is 112 Å². The zero-order chi connectivity index (χ0) is 13.2. The fourth-order valence-electron chi connectivity index (χ4n) is 2.93. The van der Waals surface area contributed by atoms with E-state index in [0.29, 0.717) is 17.6 Å². The van der Waals surface area contributed by atoms with Crippen LogP contribution in [0.25, 0.3) is 0 Å². The van der Waals surface area contributed by atoms with Gasteiger partial charge in [-0.25, -0.2) is 4.98 Å². The van der Waals surface area contributed by atoms with Gasteiger partial charge in [0.05, 0.1) is 12.4 Å². The van der Waals surface area contributed by atoms with Gasteiger partial charge in [-0.05, 0) is 19.4 Å². The predicted octanol–water partition coefficient (Wildman–Crippen LogP) is 0.438. The lowest BCUT2D eigenvalue weighted by molar-refractivity contribution is 0.0565. The Bertz CT molecular complexity index is 478. The highest BCUT2D eigenvalue weighted by atomic mass is 16.2. The van der Waals surface area contributed by atoms with Gasteiger partial charge in [-0.15, -0.1) is 0 Å². The van der Waals surface area contributed by atoms with Gasteiger partial charge in [0, 0.05) is 32.7 Å². The molecule has 1 unspecified atom stereocenters. The Morgan fingerprint density at radius 2 is 2.26 bits per heavy atom. The van der Waals surface area contributed by atoms with Crippen LogP contribution >= 0.6 is 0 Å². The maximum atomic E-state index is 12.4. The summed E-state index contributed by atoms with van der Waals surface area (Å²) in [4.78, 5) is 25.2. The van der Waals surface area contributed by atoms with Crippen LogP contribution in [0.2, 0.25) is 0 Å². The van der Waals surface area contributed by atoms with E-state index in [0.717, 1.165) is 19.6 Å². The fourth-order valence-corrected chi connectivity index (χ4v) is 2.93. The van der Waals surface area contributed by atoms with Gasteiger partial charge in [0.15, 0.2) is 0 Å². The quantitative estimate of drug-likeness (QED) is 0.837. The van der Waals surface area contributed by atoms with E-state index < -0.39 is 0 Å². The Kier molecular flexibility index (Phi) is 3.33. The molecule has 0 radical (unpaired) electrons. The summed E-state index contributed by atoms with van der Waals surface area (Å²) < 4.78 is 0. The summed E-state index contributed by atoms with van der Waals surface area (Å²) in [6.07, 6.45) is 5.61. The molecule has 102 valence electrons.